The molecule has 0 aliphatic carbocycles. The first kappa shape index (κ1) is 26.2. The van der Waals surface area contributed by atoms with Crippen LogP contribution in [0.5, 0.6) is 5.75 Å². The molecule has 0 unspecified atom stereocenters. The number of nitrogens with one attached hydrogen (secondary N) is 1. The molecule has 0 spiro atoms. The second-order valence-corrected chi connectivity index (χ2v) is 10.1. The number of anilines is 2. The quantitative estimate of drug-likeness (QED) is 0.423. The third-order valence-electron chi connectivity index (χ3n) is 5.97. The molecular formula is C20H21F5N8O4S. The Morgan fingerprint density at radius 1 is 1.03 bits per heavy atom. The fourth-order valence-corrected chi connectivity index (χ4v) is 4.83. The lowest BCUT2D eigenvalue weighted by Crippen LogP contribution is -2.61. The molecule has 38 heavy (non-hydrogen) atoms. The van der Waals surface area contributed by atoms with Crippen LogP contribution < -0.4 is 19.3 Å². The van der Waals surface area contributed by atoms with Crippen LogP contribution in [0.15, 0.2) is 18.2 Å². The van der Waals surface area contributed by atoms with Crippen molar-refractivity contribution in [2.24, 2.45) is 0 Å². The summed E-state index contributed by atoms with van der Waals surface area (Å²) < 4.78 is 103. The molecule has 0 saturated carbocycles. The lowest BCUT2D eigenvalue weighted by Gasteiger charge is -2.39. The molecule has 1 N–H and O–H groups in total. The maximum absolute atomic E-state index is 14.1. The molecule has 4 heterocycles. The number of nitrogens with zero attached hydrogens (tertiary/aromatic N) is 7. The number of fused-ring (bicyclic) bond motifs is 1. The van der Waals surface area contributed by atoms with Gasteiger partial charge in [0.15, 0.2) is 5.82 Å². The maximum atomic E-state index is 14.1. The topological polar surface area (TPSA) is 128 Å². The van der Waals surface area contributed by atoms with E-state index in [1.54, 1.807) is 27.8 Å². The smallest absolute Gasteiger partial charge is 0.494 e. The number of hydrogen-bond donors (Lipinski definition) is 1. The summed E-state index contributed by atoms with van der Waals surface area (Å²) in [7, 11) is -4.16. The van der Waals surface area contributed by atoms with Crippen molar-refractivity contribution in [3.05, 3.63) is 24.0 Å². The first-order chi connectivity index (χ1) is 18.0. The third-order valence-corrected chi connectivity index (χ3v) is 7.23. The van der Waals surface area contributed by atoms with Gasteiger partial charge in [0.1, 0.15) is 11.3 Å². The van der Waals surface area contributed by atoms with Crippen LogP contribution in [0.4, 0.5) is 33.8 Å². The molecule has 0 amide bonds. The van der Waals surface area contributed by atoms with Gasteiger partial charge in [0.05, 0.1) is 31.9 Å². The minimum atomic E-state index is -5.54. The van der Waals surface area contributed by atoms with Gasteiger partial charge in [-0.1, -0.05) is 6.07 Å². The zero-order valence-electron chi connectivity index (χ0n) is 19.7. The molecule has 5 rings (SSSR count). The van der Waals surface area contributed by atoms with E-state index >= 15 is 0 Å². The van der Waals surface area contributed by atoms with E-state index in [0.717, 1.165) is 4.57 Å². The predicted molar refractivity (Wildman–Crippen MR) is 123 cm³/mol. The zero-order chi connectivity index (χ0) is 27.2. The van der Waals surface area contributed by atoms with Crippen molar-refractivity contribution in [2.45, 2.75) is 18.0 Å². The van der Waals surface area contributed by atoms with Gasteiger partial charge >= 0.3 is 15.5 Å². The van der Waals surface area contributed by atoms with Gasteiger partial charge in [-0.05, 0) is 12.1 Å². The largest absolute Gasteiger partial charge is 0.511 e. The highest BCUT2D eigenvalue weighted by molar-refractivity contribution is 7.90. The summed E-state index contributed by atoms with van der Waals surface area (Å²) >= 11 is 0. The van der Waals surface area contributed by atoms with E-state index in [1.165, 1.54) is 12.0 Å². The summed E-state index contributed by atoms with van der Waals surface area (Å²) in [5.74, 6) is -0.467. The summed E-state index contributed by atoms with van der Waals surface area (Å²) in [6.45, 7) is 1.18. The number of alkyl halides is 5. The number of imidazole rings is 1. The van der Waals surface area contributed by atoms with Gasteiger partial charge in [-0.25, -0.2) is 26.9 Å². The lowest BCUT2D eigenvalue weighted by molar-refractivity contribution is -0.0451. The van der Waals surface area contributed by atoms with Crippen LogP contribution in [0.3, 0.4) is 0 Å². The number of sulfonamides is 1. The van der Waals surface area contributed by atoms with Gasteiger partial charge in [0.2, 0.25) is 17.8 Å². The Hall–Kier alpha value is -3.38. The molecule has 0 radical (unpaired) electrons. The van der Waals surface area contributed by atoms with E-state index < -0.39 is 33.8 Å². The number of ether oxygens (including phenoxy) is 2. The van der Waals surface area contributed by atoms with Crippen molar-refractivity contribution in [2.75, 3.05) is 56.3 Å². The van der Waals surface area contributed by atoms with Gasteiger partial charge < -0.3 is 19.3 Å². The van der Waals surface area contributed by atoms with E-state index in [9.17, 15) is 30.4 Å². The van der Waals surface area contributed by atoms with Crippen LogP contribution in [0.1, 0.15) is 12.2 Å². The molecule has 0 bridgehead atoms. The van der Waals surface area contributed by atoms with Crippen LogP contribution in [0.25, 0.3) is 17.0 Å². The molecule has 2 aromatic heterocycles. The number of halogens is 5. The monoisotopic (exact) mass is 564 g/mol. The SMILES string of the molecule is COc1cccc2c1nc(C(F)F)n2-c1nc(N2CCOCC2)nc(N2CC(NS(=O)(=O)C(F)(F)F)C2)n1. The fraction of sp³-hybridized carbons (Fsp3) is 0.500. The number of para-hydroxylation sites is 1. The minimum absolute atomic E-state index is 0.0242. The van der Waals surface area contributed by atoms with E-state index in [0.29, 0.717) is 26.3 Å². The molecular weight excluding hydrogens is 543 g/mol. The lowest BCUT2D eigenvalue weighted by atomic mass is 10.1. The van der Waals surface area contributed by atoms with E-state index in [4.69, 9.17) is 9.47 Å². The first-order valence-corrected chi connectivity index (χ1v) is 12.7. The summed E-state index contributed by atoms with van der Waals surface area (Å²) in [5.41, 5.74) is -5.05. The maximum Gasteiger partial charge on any atom is 0.511 e. The Morgan fingerprint density at radius 3 is 2.26 bits per heavy atom. The molecule has 1 aromatic carbocycles. The van der Waals surface area contributed by atoms with Crippen LogP contribution in [0, 0.1) is 0 Å². The highest BCUT2D eigenvalue weighted by atomic mass is 32.2. The average Bonchev–Trinajstić information content (AvgIpc) is 3.26. The van der Waals surface area contributed by atoms with Crippen LogP contribution >= 0.6 is 0 Å². The molecule has 2 saturated heterocycles. The Labute approximate surface area is 212 Å². The van der Waals surface area contributed by atoms with Crippen LogP contribution in [0.2, 0.25) is 0 Å². The molecule has 18 heteroatoms. The van der Waals surface area contributed by atoms with Crippen molar-refractivity contribution in [1.82, 2.24) is 29.2 Å². The highest BCUT2D eigenvalue weighted by Crippen LogP contribution is 2.33. The Balaban J connectivity index is 1.55. The van der Waals surface area contributed by atoms with Gasteiger partial charge in [-0.3, -0.25) is 4.57 Å². The molecule has 2 fully saturated rings. The molecule has 12 nitrogen and oxygen atoms in total. The molecule has 206 valence electrons. The van der Waals surface area contributed by atoms with E-state index in [1.807, 2.05) is 0 Å². The minimum Gasteiger partial charge on any atom is -0.494 e. The second-order valence-electron chi connectivity index (χ2n) is 8.44. The first-order valence-electron chi connectivity index (χ1n) is 11.2. The van der Waals surface area contributed by atoms with Crippen LogP contribution in [-0.2, 0) is 14.8 Å². The van der Waals surface area contributed by atoms with E-state index in [-0.39, 0.29) is 47.7 Å². The van der Waals surface area contributed by atoms with Crippen molar-refractivity contribution in [3.63, 3.8) is 0 Å². The Kier molecular flexibility index (Phi) is 6.72. The van der Waals surface area contributed by atoms with Gasteiger partial charge in [-0.2, -0.15) is 28.1 Å². The average molecular weight is 564 g/mol. The zero-order valence-corrected chi connectivity index (χ0v) is 20.5. The Morgan fingerprint density at radius 2 is 1.66 bits per heavy atom. The van der Waals surface area contributed by atoms with Gasteiger partial charge in [0, 0.05) is 26.2 Å². The molecule has 0 atom stereocenters. The molecule has 2 aliphatic heterocycles. The highest BCUT2D eigenvalue weighted by Gasteiger charge is 2.48. The molecule has 2 aliphatic rings. The fourth-order valence-electron chi connectivity index (χ4n) is 4.10. The normalized spacial score (nSPS) is 17.3. The van der Waals surface area contributed by atoms with Crippen molar-refractivity contribution < 1.29 is 39.8 Å². The second kappa shape index (κ2) is 9.73. The molecule has 3 aromatic rings. The summed E-state index contributed by atoms with van der Waals surface area (Å²) in [5, 5.41) is 0. The number of hydrogen-bond acceptors (Lipinski definition) is 10. The van der Waals surface area contributed by atoms with Gasteiger partial charge in [-0.15, -0.1) is 0 Å². The Bertz CT molecular complexity index is 1440. The standard InChI is InChI=1S/C20H21F5N8O4S/c1-36-13-4-2-3-12-14(13)26-16(15(21)22)33(12)19-28-17(31-5-7-37-8-6-31)27-18(29-19)32-9-11(10-32)30-38(34,35)20(23,24)25/h2-4,11,15,30H,5-10H2,1H3. The van der Waals surface area contributed by atoms with E-state index in [2.05, 4.69) is 19.9 Å². The van der Waals surface area contributed by atoms with Gasteiger partial charge in [0.25, 0.3) is 6.43 Å². The number of morpholine rings is 1. The summed E-state index contributed by atoms with van der Waals surface area (Å²) in [6.07, 6.45) is -3.01. The number of rotatable bonds is 7. The van der Waals surface area contributed by atoms with Crippen molar-refractivity contribution >= 4 is 33.0 Å². The summed E-state index contributed by atoms with van der Waals surface area (Å²) in [6, 6.07) is 3.64. The van der Waals surface area contributed by atoms with Crippen LogP contribution in [-0.4, -0.2) is 91.0 Å². The number of benzene rings is 1. The number of aromatic nitrogens is 5. The van der Waals surface area contributed by atoms with Crippen molar-refractivity contribution in [1.29, 1.82) is 0 Å². The predicted octanol–water partition coefficient (Wildman–Crippen LogP) is 1.62. The van der Waals surface area contributed by atoms with Crippen molar-refractivity contribution in [3.8, 4) is 11.7 Å². The number of methoxy groups -OCH3 is 1. The third kappa shape index (κ3) is 4.78. The summed E-state index contributed by atoms with van der Waals surface area (Å²) in [4.78, 5) is 20.3.